The van der Waals surface area contributed by atoms with Crippen LogP contribution >= 0.6 is 7.92 Å². The third-order valence-corrected chi connectivity index (χ3v) is 6.70. The highest BCUT2D eigenvalue weighted by molar-refractivity contribution is 7.74. The maximum atomic E-state index is 5.87. The van der Waals surface area contributed by atoms with Crippen molar-refractivity contribution in [3.63, 3.8) is 0 Å². The topological polar surface area (TPSA) is 36.9 Å². The number of benzene rings is 2. The summed E-state index contributed by atoms with van der Waals surface area (Å²) in [5.74, 6) is 1.74. The van der Waals surface area contributed by atoms with Gasteiger partial charge in [-0.15, -0.1) is 0 Å². The van der Waals surface area contributed by atoms with Crippen LogP contribution in [0.5, 0.6) is 11.5 Å². The highest BCUT2D eigenvalue weighted by Crippen LogP contribution is 2.45. The first kappa shape index (κ1) is 20.7. The maximum absolute atomic E-state index is 5.87. The lowest BCUT2D eigenvalue weighted by Gasteiger charge is -2.27. The number of methoxy groups -OCH3 is 2. The van der Waals surface area contributed by atoms with Crippen LogP contribution in [0.25, 0.3) is 0 Å². The van der Waals surface area contributed by atoms with Gasteiger partial charge in [-0.05, 0) is 51.7 Å². The Hall–Kier alpha value is -1.61. The number of ether oxygens (including phenoxy) is 4. The predicted molar refractivity (Wildman–Crippen MR) is 109 cm³/mol. The molecule has 0 aliphatic heterocycles. The van der Waals surface area contributed by atoms with Gasteiger partial charge in [0.25, 0.3) is 0 Å². The molecule has 2 rings (SSSR count). The lowest BCUT2D eigenvalue weighted by molar-refractivity contribution is 0.0518. The van der Waals surface area contributed by atoms with E-state index < -0.39 is 7.92 Å². The minimum atomic E-state index is -0.678. The molecule has 0 saturated carbocycles. The van der Waals surface area contributed by atoms with Crippen molar-refractivity contribution in [2.75, 3.05) is 27.8 Å². The summed E-state index contributed by atoms with van der Waals surface area (Å²) in [6.45, 7) is 9.18. The molecule has 0 heterocycles. The Balaban J connectivity index is 2.57. The summed E-state index contributed by atoms with van der Waals surface area (Å²) in [7, 11) is 2.59. The molecule has 5 heteroatoms. The molecular formula is C21H29O4P. The van der Waals surface area contributed by atoms with Crippen LogP contribution in [-0.2, 0) is 9.47 Å². The van der Waals surface area contributed by atoms with Crippen LogP contribution in [0, 0.1) is 13.8 Å². The van der Waals surface area contributed by atoms with E-state index in [2.05, 4.69) is 52.0 Å². The average molecular weight is 376 g/mol. The van der Waals surface area contributed by atoms with E-state index in [1.54, 1.807) is 14.2 Å². The van der Waals surface area contributed by atoms with Gasteiger partial charge in [0.1, 0.15) is 11.5 Å². The third-order valence-electron chi connectivity index (χ3n) is 3.93. The Morgan fingerprint density at radius 1 is 0.769 bits per heavy atom. The van der Waals surface area contributed by atoms with Crippen molar-refractivity contribution < 1.29 is 18.9 Å². The van der Waals surface area contributed by atoms with Crippen molar-refractivity contribution in [2.24, 2.45) is 0 Å². The van der Waals surface area contributed by atoms with E-state index >= 15 is 0 Å². The molecule has 0 fully saturated rings. The molecule has 0 bridgehead atoms. The van der Waals surface area contributed by atoms with Gasteiger partial charge in [0.2, 0.25) is 0 Å². The first-order valence-corrected chi connectivity index (χ1v) is 10.1. The number of rotatable bonds is 9. The second-order valence-electron chi connectivity index (χ2n) is 6.51. The molecule has 4 nitrogen and oxygen atoms in total. The van der Waals surface area contributed by atoms with E-state index in [0.29, 0.717) is 5.66 Å². The van der Waals surface area contributed by atoms with E-state index in [0.717, 1.165) is 11.5 Å². The van der Waals surface area contributed by atoms with Gasteiger partial charge >= 0.3 is 0 Å². The zero-order valence-corrected chi connectivity index (χ0v) is 17.4. The quantitative estimate of drug-likeness (QED) is 0.488. The predicted octanol–water partition coefficient (Wildman–Crippen LogP) is 4.11. The van der Waals surface area contributed by atoms with Crippen molar-refractivity contribution in [1.82, 2.24) is 0 Å². The van der Waals surface area contributed by atoms with Crippen molar-refractivity contribution in [3.05, 3.63) is 47.5 Å². The number of hydrogen-bond acceptors (Lipinski definition) is 4. The van der Waals surface area contributed by atoms with Gasteiger partial charge in [0.05, 0.1) is 0 Å². The molecule has 0 radical (unpaired) electrons. The highest BCUT2D eigenvalue weighted by Gasteiger charge is 2.25. The lowest BCUT2D eigenvalue weighted by Crippen LogP contribution is -2.23. The van der Waals surface area contributed by atoms with E-state index in [9.17, 15) is 0 Å². The molecule has 0 spiro atoms. The molecule has 0 saturated heterocycles. The Labute approximate surface area is 158 Å². The molecule has 0 aliphatic carbocycles. The normalized spacial score (nSPS) is 11.2. The highest BCUT2D eigenvalue weighted by atomic mass is 31.1. The fourth-order valence-corrected chi connectivity index (χ4v) is 5.62. The van der Waals surface area contributed by atoms with Crippen LogP contribution in [0.3, 0.4) is 0 Å². The molecule has 0 aliphatic rings. The van der Waals surface area contributed by atoms with Crippen LogP contribution in [-0.4, -0.2) is 33.5 Å². The second kappa shape index (κ2) is 9.91. The Morgan fingerprint density at radius 3 is 1.54 bits per heavy atom. The molecule has 0 amide bonds. The average Bonchev–Trinajstić information content (AvgIpc) is 2.60. The van der Waals surface area contributed by atoms with Gasteiger partial charge in [-0.25, -0.2) is 0 Å². The largest absolute Gasteiger partial charge is 0.467 e. The maximum Gasteiger partial charge on any atom is 0.188 e. The van der Waals surface area contributed by atoms with Gasteiger partial charge in [-0.3, -0.25) is 0 Å². The van der Waals surface area contributed by atoms with Crippen LogP contribution < -0.4 is 20.1 Å². The van der Waals surface area contributed by atoms with Crippen LogP contribution in [0.15, 0.2) is 36.4 Å². The van der Waals surface area contributed by atoms with Gasteiger partial charge in [-0.2, -0.15) is 0 Å². The SMILES string of the molecule is COCOc1ccc(C)cc1P(c1cc(C)ccc1OCOC)C(C)C. The van der Waals surface area contributed by atoms with Gasteiger partial charge in [-0.1, -0.05) is 37.1 Å². The van der Waals surface area contributed by atoms with E-state index in [1.165, 1.54) is 21.7 Å². The fraction of sp³-hybridized carbons (Fsp3) is 0.429. The lowest BCUT2D eigenvalue weighted by atomic mass is 10.2. The smallest absolute Gasteiger partial charge is 0.188 e. The third kappa shape index (κ3) is 5.20. The molecule has 2 aromatic rings. The van der Waals surface area contributed by atoms with Gasteiger partial charge in [0.15, 0.2) is 13.6 Å². The summed E-state index contributed by atoms with van der Waals surface area (Å²) in [6, 6.07) is 12.7. The van der Waals surface area contributed by atoms with Gasteiger partial charge < -0.3 is 18.9 Å². The molecule has 0 aromatic heterocycles. The summed E-state index contributed by atoms with van der Waals surface area (Å²) in [6.07, 6.45) is 0. The van der Waals surface area contributed by atoms with E-state index in [1.807, 2.05) is 12.1 Å². The first-order chi connectivity index (χ1) is 12.5. The zero-order valence-electron chi connectivity index (χ0n) is 16.5. The van der Waals surface area contributed by atoms with Crippen molar-refractivity contribution in [2.45, 2.75) is 33.4 Å². The summed E-state index contributed by atoms with van der Waals surface area (Å²) in [5, 5.41) is 2.42. The monoisotopic (exact) mass is 376 g/mol. The molecule has 26 heavy (non-hydrogen) atoms. The molecule has 2 aromatic carbocycles. The molecule has 0 unspecified atom stereocenters. The molecule has 0 N–H and O–H groups in total. The Morgan fingerprint density at radius 2 is 1.19 bits per heavy atom. The fourth-order valence-electron chi connectivity index (χ4n) is 2.81. The van der Waals surface area contributed by atoms with Crippen molar-refractivity contribution in [1.29, 1.82) is 0 Å². The second-order valence-corrected chi connectivity index (χ2v) is 9.24. The van der Waals surface area contributed by atoms with Crippen molar-refractivity contribution >= 4 is 18.5 Å². The van der Waals surface area contributed by atoms with Crippen LogP contribution in [0.4, 0.5) is 0 Å². The first-order valence-electron chi connectivity index (χ1n) is 8.72. The summed E-state index contributed by atoms with van der Waals surface area (Å²) in [5.41, 5.74) is 2.85. The van der Waals surface area contributed by atoms with Gasteiger partial charge in [0, 0.05) is 24.8 Å². The molecular weight excluding hydrogens is 347 g/mol. The van der Waals surface area contributed by atoms with Crippen LogP contribution in [0.2, 0.25) is 0 Å². The van der Waals surface area contributed by atoms with Crippen LogP contribution in [0.1, 0.15) is 25.0 Å². The minimum absolute atomic E-state index is 0.234. The number of hydrogen-bond donors (Lipinski definition) is 0. The summed E-state index contributed by atoms with van der Waals surface area (Å²) in [4.78, 5) is 0. The molecule has 142 valence electrons. The minimum Gasteiger partial charge on any atom is -0.467 e. The standard InChI is InChI=1S/C21H29O4P/c1-15(2)26(20-11-16(3)7-9-18(20)24-13-22-5)21-12-17(4)8-10-19(21)25-14-23-6/h7-12,15H,13-14H2,1-6H3. The summed E-state index contributed by atoms with van der Waals surface area (Å²) < 4.78 is 22.0. The summed E-state index contributed by atoms with van der Waals surface area (Å²) >= 11 is 0. The zero-order chi connectivity index (χ0) is 19.1. The van der Waals surface area contributed by atoms with E-state index in [4.69, 9.17) is 18.9 Å². The Kier molecular flexibility index (Phi) is 7.89. The number of aryl methyl sites for hydroxylation is 2. The van der Waals surface area contributed by atoms with Crippen molar-refractivity contribution in [3.8, 4) is 11.5 Å². The van der Waals surface area contributed by atoms with E-state index in [-0.39, 0.29) is 13.6 Å². The molecule has 0 atom stereocenters. The Bertz CT molecular complexity index is 658.